The van der Waals surface area contributed by atoms with Crippen molar-refractivity contribution in [1.82, 2.24) is 20.0 Å². The number of thiophene rings is 1. The second-order valence-electron chi connectivity index (χ2n) is 11.1. The number of hydrogen-bond acceptors (Lipinski definition) is 5. The van der Waals surface area contributed by atoms with Gasteiger partial charge in [0.1, 0.15) is 0 Å². The van der Waals surface area contributed by atoms with Gasteiger partial charge in [-0.15, -0.1) is 11.3 Å². The quantitative estimate of drug-likeness (QED) is 0.365. The zero-order valence-electron chi connectivity index (χ0n) is 23.1. The summed E-state index contributed by atoms with van der Waals surface area (Å²) in [5.41, 5.74) is 2.86. The van der Waals surface area contributed by atoms with E-state index in [-0.39, 0.29) is 17.9 Å². The summed E-state index contributed by atoms with van der Waals surface area (Å²) >= 11 is 1.62. The third-order valence-corrected chi connectivity index (χ3v) is 8.72. The van der Waals surface area contributed by atoms with Gasteiger partial charge in [0.15, 0.2) is 0 Å². The Bertz CT molecular complexity index is 1220. The minimum atomic E-state index is -0.419. The first-order valence-corrected chi connectivity index (χ1v) is 15.1. The van der Waals surface area contributed by atoms with Crippen LogP contribution in [0.15, 0.2) is 72.1 Å². The Labute approximate surface area is 236 Å². The molecule has 1 N–H and O–H groups in total. The molecule has 0 bridgehead atoms. The largest absolute Gasteiger partial charge is 0.355 e. The lowest BCUT2D eigenvalue weighted by atomic mass is 9.81. The first kappa shape index (κ1) is 27.6. The van der Waals surface area contributed by atoms with Crippen LogP contribution in [0.4, 0.5) is 0 Å². The van der Waals surface area contributed by atoms with Crippen LogP contribution in [0.3, 0.4) is 0 Å². The van der Waals surface area contributed by atoms with Crippen molar-refractivity contribution in [3.05, 3.63) is 93.7 Å². The molecule has 39 heavy (non-hydrogen) atoms. The molecule has 1 saturated heterocycles. The van der Waals surface area contributed by atoms with Crippen molar-refractivity contribution in [3.63, 3.8) is 0 Å². The number of piperazine rings is 1. The fourth-order valence-electron chi connectivity index (χ4n) is 5.88. The molecule has 0 radical (unpaired) electrons. The first-order valence-electron chi connectivity index (χ1n) is 14.2. The van der Waals surface area contributed by atoms with E-state index in [1.807, 2.05) is 40.6 Å². The highest BCUT2D eigenvalue weighted by Gasteiger charge is 2.44. The van der Waals surface area contributed by atoms with E-state index in [2.05, 4.69) is 65.4 Å². The lowest BCUT2D eigenvalue weighted by molar-refractivity contribution is -0.124. The molecule has 0 saturated carbocycles. The summed E-state index contributed by atoms with van der Waals surface area (Å²) in [5.74, 6) is -0.0840. The Morgan fingerprint density at radius 2 is 1.67 bits per heavy atom. The number of carbonyl (C=O) groups excluding carboxylic acids is 2. The van der Waals surface area contributed by atoms with Gasteiger partial charge >= 0.3 is 0 Å². The standard InChI is InChI=1S/C32H40N4O2S/c1-24(2)22-36-30(28-14-8-21-39-28)29(26-12-6-7-13-27(26)32(36)38)31(37)33-15-9-16-34-17-19-35(20-18-34)23-25-10-4-3-5-11-25/h3-8,10-14,21,24,29-30H,9,15-20,22-23H2,1-2H3,(H,33,37)/t29-,30-/m0/s1. The Hall–Kier alpha value is -3.00. The lowest BCUT2D eigenvalue weighted by Gasteiger charge is -2.42. The summed E-state index contributed by atoms with van der Waals surface area (Å²) in [5, 5.41) is 5.28. The molecule has 2 amide bonds. The van der Waals surface area contributed by atoms with Gasteiger partial charge in [0, 0.05) is 56.3 Å². The first-order chi connectivity index (χ1) is 19.0. The van der Waals surface area contributed by atoms with E-state index >= 15 is 0 Å². The molecule has 3 aromatic rings. The van der Waals surface area contributed by atoms with E-state index in [0.717, 1.165) is 56.1 Å². The van der Waals surface area contributed by atoms with Gasteiger partial charge in [-0.1, -0.05) is 68.4 Å². The van der Waals surface area contributed by atoms with Crippen molar-refractivity contribution in [1.29, 1.82) is 0 Å². The van der Waals surface area contributed by atoms with Gasteiger partial charge < -0.3 is 15.1 Å². The normalized spacial score (nSPS) is 20.3. The molecule has 2 atom stereocenters. The van der Waals surface area contributed by atoms with Crippen molar-refractivity contribution in [2.24, 2.45) is 5.92 Å². The molecule has 2 aromatic carbocycles. The van der Waals surface area contributed by atoms with E-state index in [0.29, 0.717) is 24.6 Å². The average Bonchev–Trinajstić information content (AvgIpc) is 3.48. The second-order valence-corrected chi connectivity index (χ2v) is 12.1. The van der Waals surface area contributed by atoms with Crippen LogP contribution >= 0.6 is 11.3 Å². The lowest BCUT2D eigenvalue weighted by Crippen LogP contribution is -2.49. The summed E-state index contributed by atoms with van der Waals surface area (Å²) in [6.07, 6.45) is 0.914. The predicted molar refractivity (Wildman–Crippen MR) is 158 cm³/mol. The van der Waals surface area contributed by atoms with Gasteiger partial charge in [-0.05, 0) is 47.5 Å². The molecule has 1 aromatic heterocycles. The zero-order valence-corrected chi connectivity index (χ0v) is 23.9. The molecule has 1 fully saturated rings. The molecule has 0 spiro atoms. The van der Waals surface area contributed by atoms with Crippen LogP contribution in [0.2, 0.25) is 0 Å². The number of fused-ring (bicyclic) bond motifs is 1. The van der Waals surface area contributed by atoms with Crippen molar-refractivity contribution in [2.75, 3.05) is 45.8 Å². The van der Waals surface area contributed by atoms with Crippen LogP contribution in [-0.2, 0) is 11.3 Å². The fourth-order valence-corrected chi connectivity index (χ4v) is 6.76. The van der Waals surface area contributed by atoms with Crippen molar-refractivity contribution in [2.45, 2.75) is 38.8 Å². The Kier molecular flexibility index (Phi) is 9.12. The van der Waals surface area contributed by atoms with Crippen LogP contribution < -0.4 is 5.32 Å². The van der Waals surface area contributed by atoms with Gasteiger partial charge in [-0.2, -0.15) is 0 Å². The third kappa shape index (κ3) is 6.60. The molecular weight excluding hydrogens is 504 g/mol. The number of rotatable bonds is 10. The molecule has 5 rings (SSSR count). The highest BCUT2D eigenvalue weighted by Crippen LogP contribution is 2.44. The number of amides is 2. The van der Waals surface area contributed by atoms with E-state index < -0.39 is 5.92 Å². The highest BCUT2D eigenvalue weighted by atomic mass is 32.1. The molecule has 2 aliphatic heterocycles. The topological polar surface area (TPSA) is 55.9 Å². The summed E-state index contributed by atoms with van der Waals surface area (Å²) in [4.78, 5) is 35.4. The minimum Gasteiger partial charge on any atom is -0.355 e. The number of benzene rings is 2. The number of nitrogens with zero attached hydrogens (tertiary/aromatic N) is 3. The van der Waals surface area contributed by atoms with E-state index in [1.54, 1.807) is 11.3 Å². The molecule has 2 aliphatic rings. The number of carbonyl (C=O) groups is 2. The smallest absolute Gasteiger partial charge is 0.254 e. The average molecular weight is 545 g/mol. The summed E-state index contributed by atoms with van der Waals surface area (Å²) in [7, 11) is 0. The fraction of sp³-hybridized carbons (Fsp3) is 0.438. The summed E-state index contributed by atoms with van der Waals surface area (Å²) < 4.78 is 0. The van der Waals surface area contributed by atoms with Gasteiger partial charge in [-0.25, -0.2) is 0 Å². The molecule has 3 heterocycles. The van der Waals surface area contributed by atoms with E-state index in [4.69, 9.17) is 0 Å². The van der Waals surface area contributed by atoms with Gasteiger partial charge in [0.25, 0.3) is 5.91 Å². The van der Waals surface area contributed by atoms with Crippen LogP contribution in [0.1, 0.15) is 58.6 Å². The third-order valence-electron chi connectivity index (χ3n) is 7.78. The van der Waals surface area contributed by atoms with Crippen LogP contribution in [0.5, 0.6) is 0 Å². The summed E-state index contributed by atoms with van der Waals surface area (Å²) in [6, 6.07) is 22.1. The van der Waals surface area contributed by atoms with Crippen molar-refractivity contribution < 1.29 is 9.59 Å². The van der Waals surface area contributed by atoms with Crippen LogP contribution in [0.25, 0.3) is 0 Å². The van der Waals surface area contributed by atoms with E-state index in [9.17, 15) is 9.59 Å². The number of nitrogens with one attached hydrogen (secondary N) is 1. The Morgan fingerprint density at radius 3 is 2.38 bits per heavy atom. The predicted octanol–water partition coefficient (Wildman–Crippen LogP) is 5.01. The molecule has 0 aliphatic carbocycles. The molecule has 0 unspecified atom stereocenters. The summed E-state index contributed by atoms with van der Waals surface area (Å²) in [6.45, 7) is 11.7. The Balaban J connectivity index is 1.19. The SMILES string of the molecule is CC(C)CN1C(=O)c2ccccc2[C@H](C(=O)NCCCN2CCN(Cc3ccccc3)CC2)[C@@H]1c1cccs1. The molecule has 6 nitrogen and oxygen atoms in total. The van der Waals surface area contributed by atoms with Crippen LogP contribution in [-0.4, -0.2) is 72.3 Å². The monoisotopic (exact) mass is 544 g/mol. The number of hydrogen-bond donors (Lipinski definition) is 1. The van der Waals surface area contributed by atoms with E-state index in [1.165, 1.54) is 5.56 Å². The second kappa shape index (κ2) is 12.9. The maximum Gasteiger partial charge on any atom is 0.254 e. The zero-order chi connectivity index (χ0) is 27.2. The molecule has 206 valence electrons. The Morgan fingerprint density at radius 1 is 0.949 bits per heavy atom. The maximum absolute atomic E-state index is 13.8. The highest BCUT2D eigenvalue weighted by molar-refractivity contribution is 7.10. The maximum atomic E-state index is 13.8. The van der Waals surface area contributed by atoms with Gasteiger partial charge in [-0.3, -0.25) is 14.5 Å². The molecule has 7 heteroatoms. The molecular formula is C32H40N4O2S. The van der Waals surface area contributed by atoms with Gasteiger partial charge in [0.05, 0.1) is 12.0 Å². The minimum absolute atomic E-state index is 0.00906. The van der Waals surface area contributed by atoms with Crippen LogP contribution in [0, 0.1) is 5.92 Å². The van der Waals surface area contributed by atoms with Gasteiger partial charge in [0.2, 0.25) is 5.91 Å². The van der Waals surface area contributed by atoms with Crippen molar-refractivity contribution >= 4 is 23.2 Å². The van der Waals surface area contributed by atoms with Crippen molar-refractivity contribution in [3.8, 4) is 0 Å².